The molecule has 1 saturated carbocycles. The number of hydrogen-bond acceptors (Lipinski definition) is 1. The standard InChI is InChI=1S/C12H13FO/c13-11-8-10(6-7-12(11)14)9-4-2-1-3-5-9/h1-5,10-11H,6-8H2/t10-,11-/m0/s1. The number of benzene rings is 1. The highest BCUT2D eigenvalue weighted by Crippen LogP contribution is 2.32. The molecule has 2 rings (SSSR count). The number of rotatable bonds is 1. The van der Waals surface area contributed by atoms with Crippen molar-refractivity contribution >= 4 is 5.78 Å². The maximum atomic E-state index is 13.2. The Morgan fingerprint density at radius 3 is 2.57 bits per heavy atom. The molecule has 1 aromatic rings. The molecule has 1 aliphatic carbocycles. The summed E-state index contributed by atoms with van der Waals surface area (Å²) in [6.07, 6.45) is 0.307. The summed E-state index contributed by atoms with van der Waals surface area (Å²) < 4.78 is 13.2. The molecule has 1 fully saturated rings. The average Bonchev–Trinajstić information content (AvgIpc) is 2.23. The Balaban J connectivity index is 2.11. The first-order valence-corrected chi connectivity index (χ1v) is 4.99. The minimum Gasteiger partial charge on any atom is -0.296 e. The molecular formula is C12H13FO. The lowest BCUT2D eigenvalue weighted by Gasteiger charge is -2.23. The highest BCUT2D eigenvalue weighted by Gasteiger charge is 2.28. The number of halogens is 1. The van der Waals surface area contributed by atoms with Gasteiger partial charge in [-0.05, 0) is 24.3 Å². The van der Waals surface area contributed by atoms with Crippen LogP contribution in [0.15, 0.2) is 30.3 Å². The van der Waals surface area contributed by atoms with Crippen molar-refractivity contribution in [3.63, 3.8) is 0 Å². The van der Waals surface area contributed by atoms with Gasteiger partial charge in [0.1, 0.15) is 0 Å². The van der Waals surface area contributed by atoms with Crippen molar-refractivity contribution in [3.8, 4) is 0 Å². The van der Waals surface area contributed by atoms with Gasteiger partial charge in [0.2, 0.25) is 0 Å². The molecule has 1 aromatic carbocycles. The molecule has 0 heterocycles. The number of alkyl halides is 1. The Bertz CT molecular complexity index is 320. The molecule has 0 aromatic heterocycles. The Morgan fingerprint density at radius 1 is 1.21 bits per heavy atom. The summed E-state index contributed by atoms with van der Waals surface area (Å²) in [6.45, 7) is 0. The first kappa shape index (κ1) is 9.38. The maximum Gasteiger partial charge on any atom is 0.166 e. The van der Waals surface area contributed by atoms with E-state index in [1.165, 1.54) is 0 Å². The van der Waals surface area contributed by atoms with Crippen LogP contribution in [0, 0.1) is 0 Å². The fourth-order valence-electron chi connectivity index (χ4n) is 2.00. The normalized spacial score (nSPS) is 27.6. The van der Waals surface area contributed by atoms with Crippen molar-refractivity contribution in [2.45, 2.75) is 31.4 Å². The van der Waals surface area contributed by atoms with Gasteiger partial charge < -0.3 is 0 Å². The van der Waals surface area contributed by atoms with Crippen molar-refractivity contribution in [2.75, 3.05) is 0 Å². The zero-order chi connectivity index (χ0) is 9.97. The molecule has 1 aliphatic rings. The van der Waals surface area contributed by atoms with E-state index in [0.717, 1.165) is 12.0 Å². The van der Waals surface area contributed by atoms with Gasteiger partial charge in [-0.1, -0.05) is 30.3 Å². The van der Waals surface area contributed by atoms with Gasteiger partial charge in [-0.25, -0.2) is 4.39 Å². The van der Waals surface area contributed by atoms with Crippen molar-refractivity contribution in [3.05, 3.63) is 35.9 Å². The van der Waals surface area contributed by atoms with Crippen molar-refractivity contribution in [1.29, 1.82) is 0 Å². The average molecular weight is 192 g/mol. The predicted octanol–water partition coefficient (Wildman–Crippen LogP) is 2.86. The van der Waals surface area contributed by atoms with Crippen LogP contribution in [0.5, 0.6) is 0 Å². The summed E-state index contributed by atoms with van der Waals surface area (Å²) >= 11 is 0. The maximum absolute atomic E-state index is 13.2. The fraction of sp³-hybridized carbons (Fsp3) is 0.417. The quantitative estimate of drug-likeness (QED) is 0.668. The second-order valence-electron chi connectivity index (χ2n) is 3.82. The van der Waals surface area contributed by atoms with E-state index in [2.05, 4.69) is 0 Å². The van der Waals surface area contributed by atoms with E-state index in [0.29, 0.717) is 12.8 Å². The molecule has 0 radical (unpaired) electrons. The summed E-state index contributed by atoms with van der Waals surface area (Å²) in [5.41, 5.74) is 1.16. The summed E-state index contributed by atoms with van der Waals surface area (Å²) in [4.78, 5) is 11.0. The third-order valence-electron chi connectivity index (χ3n) is 2.85. The summed E-state index contributed by atoms with van der Waals surface area (Å²) in [7, 11) is 0. The van der Waals surface area contributed by atoms with E-state index in [1.54, 1.807) is 0 Å². The van der Waals surface area contributed by atoms with Gasteiger partial charge >= 0.3 is 0 Å². The van der Waals surface area contributed by atoms with Crippen LogP contribution in [-0.2, 0) is 4.79 Å². The van der Waals surface area contributed by atoms with Gasteiger partial charge in [-0.3, -0.25) is 4.79 Å². The second-order valence-corrected chi connectivity index (χ2v) is 3.82. The lowest BCUT2D eigenvalue weighted by Crippen LogP contribution is -2.24. The van der Waals surface area contributed by atoms with Crippen molar-refractivity contribution in [1.82, 2.24) is 0 Å². The van der Waals surface area contributed by atoms with Crippen LogP contribution in [0.1, 0.15) is 30.7 Å². The Kier molecular flexibility index (Phi) is 2.62. The van der Waals surface area contributed by atoms with Crippen molar-refractivity contribution in [2.24, 2.45) is 0 Å². The van der Waals surface area contributed by atoms with Gasteiger partial charge in [0.15, 0.2) is 12.0 Å². The van der Waals surface area contributed by atoms with Gasteiger partial charge in [-0.15, -0.1) is 0 Å². The molecule has 2 heteroatoms. The Hall–Kier alpha value is -1.18. The van der Waals surface area contributed by atoms with Crippen LogP contribution in [-0.4, -0.2) is 12.0 Å². The van der Waals surface area contributed by atoms with Crippen LogP contribution in [0.2, 0.25) is 0 Å². The molecular weight excluding hydrogens is 179 g/mol. The molecule has 74 valence electrons. The van der Waals surface area contributed by atoms with E-state index in [-0.39, 0.29) is 11.7 Å². The van der Waals surface area contributed by atoms with Crippen molar-refractivity contribution < 1.29 is 9.18 Å². The predicted molar refractivity (Wildman–Crippen MR) is 52.9 cm³/mol. The van der Waals surface area contributed by atoms with Gasteiger partial charge in [0.05, 0.1) is 0 Å². The summed E-state index contributed by atoms with van der Waals surface area (Å²) in [5, 5.41) is 0. The van der Waals surface area contributed by atoms with Crippen LogP contribution >= 0.6 is 0 Å². The molecule has 0 spiro atoms. The molecule has 0 bridgehead atoms. The van der Waals surface area contributed by atoms with Gasteiger partial charge in [-0.2, -0.15) is 0 Å². The Morgan fingerprint density at radius 2 is 1.93 bits per heavy atom. The van der Waals surface area contributed by atoms with E-state index in [1.807, 2.05) is 30.3 Å². The SMILES string of the molecule is O=C1CC[C@H](c2ccccc2)C[C@@H]1F. The monoisotopic (exact) mass is 192 g/mol. The molecule has 0 amide bonds. The van der Waals surface area contributed by atoms with Crippen LogP contribution < -0.4 is 0 Å². The molecule has 0 aliphatic heterocycles. The summed E-state index contributed by atoms with van der Waals surface area (Å²) in [6, 6.07) is 9.88. The molecule has 1 nitrogen and oxygen atoms in total. The third-order valence-corrected chi connectivity index (χ3v) is 2.85. The zero-order valence-corrected chi connectivity index (χ0v) is 7.95. The second kappa shape index (κ2) is 3.91. The number of ketones is 1. The Labute approximate surface area is 82.9 Å². The number of Topliss-reactive ketones (excluding diaryl/α,β-unsaturated/α-hetero) is 1. The van der Waals surface area contributed by atoms with E-state index in [9.17, 15) is 9.18 Å². The minimum absolute atomic E-state index is 0.225. The number of hydrogen-bond donors (Lipinski definition) is 0. The molecule has 14 heavy (non-hydrogen) atoms. The number of carbonyl (C=O) groups is 1. The first-order valence-electron chi connectivity index (χ1n) is 4.99. The van der Waals surface area contributed by atoms with E-state index in [4.69, 9.17) is 0 Å². The lowest BCUT2D eigenvalue weighted by atomic mass is 9.82. The molecule has 0 saturated heterocycles. The highest BCUT2D eigenvalue weighted by molar-refractivity contribution is 5.83. The fourth-order valence-corrected chi connectivity index (χ4v) is 2.00. The molecule has 0 unspecified atom stereocenters. The van der Waals surface area contributed by atoms with Crippen LogP contribution in [0.25, 0.3) is 0 Å². The van der Waals surface area contributed by atoms with Gasteiger partial charge in [0.25, 0.3) is 0 Å². The topological polar surface area (TPSA) is 17.1 Å². The zero-order valence-electron chi connectivity index (χ0n) is 7.95. The number of carbonyl (C=O) groups excluding carboxylic acids is 1. The largest absolute Gasteiger partial charge is 0.296 e. The van der Waals surface area contributed by atoms with Crippen LogP contribution in [0.3, 0.4) is 0 Å². The summed E-state index contributed by atoms with van der Waals surface area (Å²) in [5.74, 6) is 0.00100. The van der Waals surface area contributed by atoms with Gasteiger partial charge in [0, 0.05) is 6.42 Å². The smallest absolute Gasteiger partial charge is 0.166 e. The lowest BCUT2D eigenvalue weighted by molar-refractivity contribution is -0.125. The molecule has 0 N–H and O–H groups in total. The minimum atomic E-state index is -1.24. The van der Waals surface area contributed by atoms with E-state index >= 15 is 0 Å². The van der Waals surface area contributed by atoms with E-state index < -0.39 is 6.17 Å². The first-order chi connectivity index (χ1) is 6.77. The molecule has 2 atom stereocenters. The van der Waals surface area contributed by atoms with Crippen LogP contribution in [0.4, 0.5) is 4.39 Å². The highest BCUT2D eigenvalue weighted by atomic mass is 19.1. The third kappa shape index (κ3) is 1.84.